The second-order valence-corrected chi connectivity index (χ2v) is 8.67. The molecule has 0 saturated heterocycles. The number of nitrogens with one attached hydrogen (secondary N) is 1. The Morgan fingerprint density at radius 1 is 1.31 bits per heavy atom. The van der Waals surface area contributed by atoms with E-state index < -0.39 is 5.97 Å². The number of fused-ring (bicyclic) bond motifs is 2. The van der Waals surface area contributed by atoms with E-state index in [4.69, 9.17) is 9.47 Å². The predicted molar refractivity (Wildman–Crippen MR) is 114 cm³/mol. The number of anilines is 1. The summed E-state index contributed by atoms with van der Waals surface area (Å²) in [5.41, 5.74) is 3.89. The molecule has 0 bridgehead atoms. The molecule has 150 valence electrons. The molecule has 1 aliphatic carbocycles. The van der Waals surface area contributed by atoms with E-state index >= 15 is 0 Å². The molecule has 2 aliphatic rings. The summed E-state index contributed by atoms with van der Waals surface area (Å²) in [5.74, 6) is 0.594. The van der Waals surface area contributed by atoms with Gasteiger partial charge in [0.2, 0.25) is 0 Å². The molecular formula is C23H23NO4S. The molecule has 1 N–H and O–H groups in total. The first kappa shape index (κ1) is 19.5. The largest absolute Gasteiger partial charge is 0.465 e. The van der Waals surface area contributed by atoms with Crippen molar-refractivity contribution >= 4 is 34.3 Å². The lowest BCUT2D eigenvalue weighted by Crippen LogP contribution is -2.16. The van der Waals surface area contributed by atoms with Crippen molar-refractivity contribution in [1.29, 1.82) is 0 Å². The van der Waals surface area contributed by atoms with Gasteiger partial charge in [-0.15, -0.1) is 11.3 Å². The molecule has 4 rings (SSSR count). The molecule has 0 saturated carbocycles. The first-order chi connectivity index (χ1) is 14.0. The molecule has 1 amide bonds. The van der Waals surface area contributed by atoms with Gasteiger partial charge < -0.3 is 14.8 Å². The molecule has 6 heteroatoms. The number of carbonyl (C=O) groups excluding carboxylic acids is 2. The van der Waals surface area contributed by atoms with E-state index in [1.807, 2.05) is 25.1 Å². The summed E-state index contributed by atoms with van der Waals surface area (Å²) in [6.45, 7) is 4.20. The summed E-state index contributed by atoms with van der Waals surface area (Å²) < 4.78 is 10.6. The topological polar surface area (TPSA) is 64.6 Å². The number of hydrogen-bond acceptors (Lipinski definition) is 5. The molecule has 1 aliphatic heterocycles. The maximum Gasteiger partial charge on any atom is 0.341 e. The van der Waals surface area contributed by atoms with Crippen molar-refractivity contribution in [1.82, 2.24) is 0 Å². The second-order valence-electron chi connectivity index (χ2n) is 7.56. The fraction of sp³-hybridized carbons (Fsp3) is 0.304. The Kier molecular flexibility index (Phi) is 5.28. The summed E-state index contributed by atoms with van der Waals surface area (Å²) in [6.07, 6.45) is 7.72. The number of rotatable bonds is 3. The Morgan fingerprint density at radius 3 is 2.93 bits per heavy atom. The molecule has 0 fully saturated rings. The third-order valence-electron chi connectivity index (χ3n) is 5.31. The summed E-state index contributed by atoms with van der Waals surface area (Å²) in [6, 6.07) is 5.83. The number of aryl methyl sites for hydroxylation is 1. The van der Waals surface area contributed by atoms with Crippen LogP contribution in [0.5, 0.6) is 5.75 Å². The van der Waals surface area contributed by atoms with Gasteiger partial charge in [-0.25, -0.2) is 4.79 Å². The highest BCUT2D eigenvalue weighted by atomic mass is 32.1. The molecule has 1 atom stereocenters. The fourth-order valence-corrected chi connectivity index (χ4v) is 5.13. The molecule has 0 radical (unpaired) electrons. The van der Waals surface area contributed by atoms with Crippen LogP contribution in [0.2, 0.25) is 0 Å². The minimum absolute atomic E-state index is 0.282. The van der Waals surface area contributed by atoms with Crippen LogP contribution in [0.4, 0.5) is 5.00 Å². The number of amides is 1. The van der Waals surface area contributed by atoms with Crippen LogP contribution < -0.4 is 10.1 Å². The fourth-order valence-electron chi connectivity index (χ4n) is 3.73. The summed E-state index contributed by atoms with van der Waals surface area (Å²) in [5, 5.41) is 3.50. The monoisotopic (exact) mass is 409 g/mol. The van der Waals surface area contributed by atoms with Crippen molar-refractivity contribution in [2.24, 2.45) is 5.92 Å². The zero-order valence-electron chi connectivity index (χ0n) is 16.7. The van der Waals surface area contributed by atoms with Crippen molar-refractivity contribution in [2.45, 2.75) is 33.1 Å². The van der Waals surface area contributed by atoms with Gasteiger partial charge in [0.15, 0.2) is 0 Å². The highest BCUT2D eigenvalue weighted by molar-refractivity contribution is 7.17. The highest BCUT2D eigenvalue weighted by Crippen LogP contribution is 2.40. The average Bonchev–Trinajstić information content (AvgIpc) is 2.90. The van der Waals surface area contributed by atoms with Crippen LogP contribution >= 0.6 is 11.3 Å². The number of carbonyl (C=O) groups is 2. The van der Waals surface area contributed by atoms with E-state index in [0.29, 0.717) is 27.8 Å². The van der Waals surface area contributed by atoms with Gasteiger partial charge in [-0.2, -0.15) is 0 Å². The number of thiophene rings is 1. The standard InChI is InChI=1S/C23H23NO4S/c1-13-4-6-15-12-16(8-9-28-18(15)10-13)21(25)24-22-20(23(26)27-3)17-7-5-14(2)11-19(17)29-22/h4,6,8-10,12,14H,5,7,11H2,1-3H3,(H,24,25)/t14-/m1/s1. The second kappa shape index (κ2) is 7.87. The number of benzene rings is 1. The van der Waals surface area contributed by atoms with Crippen LogP contribution in [0.3, 0.4) is 0 Å². The number of hydrogen-bond donors (Lipinski definition) is 1. The molecule has 0 spiro atoms. The third-order valence-corrected chi connectivity index (χ3v) is 6.48. The van der Waals surface area contributed by atoms with Crippen molar-refractivity contribution < 1.29 is 19.1 Å². The third kappa shape index (κ3) is 3.85. The van der Waals surface area contributed by atoms with Crippen molar-refractivity contribution in [2.75, 3.05) is 12.4 Å². The molecule has 0 unspecified atom stereocenters. The van der Waals surface area contributed by atoms with E-state index in [9.17, 15) is 9.59 Å². The average molecular weight is 410 g/mol. The van der Waals surface area contributed by atoms with Crippen molar-refractivity contribution in [3.05, 3.63) is 63.2 Å². The smallest absolute Gasteiger partial charge is 0.341 e. The van der Waals surface area contributed by atoms with Crippen LogP contribution in [0.25, 0.3) is 6.08 Å². The predicted octanol–water partition coefficient (Wildman–Crippen LogP) is 4.90. The molecule has 1 aromatic heterocycles. The van der Waals surface area contributed by atoms with Gasteiger partial charge in [0.25, 0.3) is 5.91 Å². The van der Waals surface area contributed by atoms with E-state index in [1.54, 1.807) is 12.2 Å². The number of ether oxygens (including phenoxy) is 2. The van der Waals surface area contributed by atoms with Crippen LogP contribution in [0, 0.1) is 12.8 Å². The maximum atomic E-state index is 13.0. The van der Waals surface area contributed by atoms with E-state index in [-0.39, 0.29) is 5.91 Å². The molecule has 5 nitrogen and oxygen atoms in total. The Hall–Kier alpha value is -2.86. The molecule has 29 heavy (non-hydrogen) atoms. The van der Waals surface area contributed by atoms with Gasteiger partial charge in [-0.3, -0.25) is 4.79 Å². The zero-order chi connectivity index (χ0) is 20.5. The van der Waals surface area contributed by atoms with Gasteiger partial charge >= 0.3 is 5.97 Å². The van der Waals surface area contributed by atoms with Crippen LogP contribution in [0.1, 0.15) is 45.3 Å². The van der Waals surface area contributed by atoms with E-state index in [2.05, 4.69) is 12.2 Å². The minimum Gasteiger partial charge on any atom is -0.465 e. The SMILES string of the molecule is COC(=O)c1c(NC(=O)C2=Cc3ccc(C)cc3OC=C2)sc2c1CC[C@@H](C)C2. The van der Waals surface area contributed by atoms with Gasteiger partial charge in [-0.05, 0) is 61.4 Å². The Bertz CT molecular complexity index is 1050. The van der Waals surface area contributed by atoms with E-state index in [0.717, 1.165) is 40.8 Å². The lowest BCUT2D eigenvalue weighted by atomic mass is 9.88. The number of esters is 1. The molecule has 2 heterocycles. The van der Waals surface area contributed by atoms with E-state index in [1.165, 1.54) is 24.7 Å². The van der Waals surface area contributed by atoms with Crippen molar-refractivity contribution in [3.8, 4) is 5.75 Å². The first-order valence-electron chi connectivity index (χ1n) is 9.66. The van der Waals surface area contributed by atoms with Gasteiger partial charge in [0.1, 0.15) is 10.8 Å². The summed E-state index contributed by atoms with van der Waals surface area (Å²) in [7, 11) is 1.37. The summed E-state index contributed by atoms with van der Waals surface area (Å²) in [4.78, 5) is 26.6. The number of methoxy groups -OCH3 is 1. The van der Waals surface area contributed by atoms with Gasteiger partial charge in [0, 0.05) is 16.0 Å². The highest BCUT2D eigenvalue weighted by Gasteiger charge is 2.29. The normalized spacial score (nSPS) is 17.3. The summed E-state index contributed by atoms with van der Waals surface area (Å²) >= 11 is 1.48. The Morgan fingerprint density at radius 2 is 2.14 bits per heavy atom. The zero-order valence-corrected chi connectivity index (χ0v) is 17.5. The Labute approximate surface area is 174 Å². The lowest BCUT2D eigenvalue weighted by Gasteiger charge is -2.18. The lowest BCUT2D eigenvalue weighted by molar-refractivity contribution is -0.112. The molecule has 1 aromatic carbocycles. The van der Waals surface area contributed by atoms with Crippen LogP contribution in [-0.2, 0) is 22.4 Å². The van der Waals surface area contributed by atoms with Crippen molar-refractivity contribution in [3.63, 3.8) is 0 Å². The van der Waals surface area contributed by atoms with Gasteiger partial charge in [0.05, 0.1) is 18.9 Å². The minimum atomic E-state index is -0.401. The maximum absolute atomic E-state index is 13.0. The molecule has 2 aromatic rings. The van der Waals surface area contributed by atoms with Gasteiger partial charge in [-0.1, -0.05) is 19.1 Å². The molecular weight excluding hydrogens is 386 g/mol. The quantitative estimate of drug-likeness (QED) is 0.733. The van der Waals surface area contributed by atoms with Crippen LogP contribution in [0.15, 0.2) is 36.1 Å². The first-order valence-corrected chi connectivity index (χ1v) is 10.5. The van der Waals surface area contributed by atoms with Crippen LogP contribution in [-0.4, -0.2) is 19.0 Å². The Balaban J connectivity index is 1.66.